The average Bonchev–Trinajstić information content (AvgIpc) is 2.22. The van der Waals surface area contributed by atoms with Crippen LogP contribution >= 0.6 is 0 Å². The maximum atomic E-state index is 12.8. The second-order valence-corrected chi connectivity index (χ2v) is 2.13. The highest BCUT2D eigenvalue weighted by molar-refractivity contribution is 4.96. The summed E-state index contributed by atoms with van der Waals surface area (Å²) >= 11 is 0. The molecule has 0 aliphatic carbocycles. The highest BCUT2D eigenvalue weighted by atomic mass is 19.3. The normalized spacial score (nSPS) is 10.2. The summed E-state index contributed by atoms with van der Waals surface area (Å²) in [6.07, 6.45) is 2.36. The standard InChI is InChI=1S/C7H8F2N2.C2H6/c1-2-7(8,9)6-10-4-3-5-11-6;1-2/h3-5H,2H2,1H3;1-2H3. The largest absolute Gasteiger partial charge is 0.306 e. The van der Waals surface area contributed by atoms with E-state index in [0.717, 1.165) is 0 Å². The molecule has 4 heteroatoms. The maximum absolute atomic E-state index is 12.8. The summed E-state index contributed by atoms with van der Waals surface area (Å²) in [5, 5.41) is 0. The Labute approximate surface area is 77.0 Å². The molecular formula is C9H14F2N2. The zero-order valence-corrected chi connectivity index (χ0v) is 8.09. The molecule has 1 heterocycles. The van der Waals surface area contributed by atoms with Gasteiger partial charge in [-0.15, -0.1) is 0 Å². The lowest BCUT2D eigenvalue weighted by molar-refractivity contribution is -0.0176. The topological polar surface area (TPSA) is 25.8 Å². The van der Waals surface area contributed by atoms with E-state index in [2.05, 4.69) is 9.97 Å². The molecule has 1 rings (SSSR count). The Kier molecular flexibility index (Phi) is 5.11. The van der Waals surface area contributed by atoms with Crippen LogP contribution in [0.2, 0.25) is 0 Å². The van der Waals surface area contributed by atoms with E-state index in [1.807, 2.05) is 13.8 Å². The molecule has 0 aromatic carbocycles. The van der Waals surface area contributed by atoms with Crippen molar-refractivity contribution in [1.82, 2.24) is 9.97 Å². The summed E-state index contributed by atoms with van der Waals surface area (Å²) in [5.41, 5.74) is 0. The number of aromatic nitrogens is 2. The predicted molar refractivity (Wildman–Crippen MR) is 47.6 cm³/mol. The van der Waals surface area contributed by atoms with Crippen LogP contribution < -0.4 is 0 Å². The summed E-state index contributed by atoms with van der Waals surface area (Å²) in [4.78, 5) is 6.92. The number of nitrogens with zero attached hydrogens (tertiary/aromatic N) is 2. The van der Waals surface area contributed by atoms with Crippen molar-refractivity contribution < 1.29 is 8.78 Å². The van der Waals surface area contributed by atoms with E-state index in [1.54, 1.807) is 0 Å². The van der Waals surface area contributed by atoms with E-state index < -0.39 is 11.7 Å². The average molecular weight is 188 g/mol. The third-order valence-corrected chi connectivity index (χ3v) is 1.34. The van der Waals surface area contributed by atoms with E-state index in [-0.39, 0.29) is 6.42 Å². The summed E-state index contributed by atoms with van der Waals surface area (Å²) in [6.45, 7) is 5.40. The van der Waals surface area contributed by atoms with E-state index in [4.69, 9.17) is 0 Å². The van der Waals surface area contributed by atoms with Gasteiger partial charge >= 0.3 is 5.92 Å². The molecule has 74 valence electrons. The molecule has 0 spiro atoms. The molecular weight excluding hydrogens is 174 g/mol. The summed E-state index contributed by atoms with van der Waals surface area (Å²) in [7, 11) is 0. The molecule has 0 aliphatic heterocycles. The molecule has 0 N–H and O–H groups in total. The van der Waals surface area contributed by atoms with Crippen LogP contribution in [0.3, 0.4) is 0 Å². The molecule has 0 bridgehead atoms. The number of halogens is 2. The van der Waals surface area contributed by atoms with E-state index in [9.17, 15) is 8.78 Å². The molecule has 0 amide bonds. The van der Waals surface area contributed by atoms with Crippen LogP contribution in [-0.4, -0.2) is 9.97 Å². The Morgan fingerprint density at radius 2 is 1.69 bits per heavy atom. The molecule has 0 fully saturated rings. The first-order valence-electron chi connectivity index (χ1n) is 4.32. The van der Waals surface area contributed by atoms with Gasteiger partial charge in [-0.3, -0.25) is 0 Å². The van der Waals surface area contributed by atoms with Gasteiger partial charge in [0.25, 0.3) is 0 Å². The fraction of sp³-hybridized carbons (Fsp3) is 0.556. The van der Waals surface area contributed by atoms with Gasteiger partial charge in [0, 0.05) is 18.8 Å². The minimum atomic E-state index is -2.89. The van der Waals surface area contributed by atoms with Crippen molar-refractivity contribution in [3.8, 4) is 0 Å². The van der Waals surface area contributed by atoms with E-state index in [1.165, 1.54) is 25.4 Å². The van der Waals surface area contributed by atoms with Crippen molar-refractivity contribution in [3.63, 3.8) is 0 Å². The van der Waals surface area contributed by atoms with Crippen LogP contribution in [0.15, 0.2) is 18.5 Å². The van der Waals surface area contributed by atoms with Gasteiger partial charge in [0.2, 0.25) is 0 Å². The predicted octanol–water partition coefficient (Wildman–Crippen LogP) is 3.00. The van der Waals surface area contributed by atoms with Crippen molar-refractivity contribution in [2.75, 3.05) is 0 Å². The first kappa shape index (κ1) is 11.9. The van der Waals surface area contributed by atoms with Crippen LogP contribution in [0, 0.1) is 0 Å². The van der Waals surface area contributed by atoms with Crippen LogP contribution in [-0.2, 0) is 5.92 Å². The van der Waals surface area contributed by atoms with Gasteiger partial charge in [0.15, 0.2) is 5.82 Å². The Balaban J connectivity index is 0.000000671. The van der Waals surface area contributed by atoms with Gasteiger partial charge in [-0.05, 0) is 6.07 Å². The van der Waals surface area contributed by atoms with Crippen molar-refractivity contribution in [2.24, 2.45) is 0 Å². The minimum Gasteiger partial charge on any atom is -0.236 e. The lowest BCUT2D eigenvalue weighted by Crippen LogP contribution is -2.15. The van der Waals surface area contributed by atoms with Crippen molar-refractivity contribution in [1.29, 1.82) is 0 Å². The number of hydrogen-bond donors (Lipinski definition) is 0. The molecule has 1 aromatic heterocycles. The number of alkyl halides is 2. The molecule has 2 nitrogen and oxygen atoms in total. The quantitative estimate of drug-likeness (QED) is 0.713. The smallest absolute Gasteiger partial charge is 0.236 e. The lowest BCUT2D eigenvalue weighted by Gasteiger charge is -2.10. The van der Waals surface area contributed by atoms with Crippen LogP contribution in [0.25, 0.3) is 0 Å². The third-order valence-electron chi connectivity index (χ3n) is 1.34. The second kappa shape index (κ2) is 5.56. The minimum absolute atomic E-state index is 0.267. The van der Waals surface area contributed by atoms with Gasteiger partial charge < -0.3 is 0 Å². The summed E-state index contributed by atoms with van der Waals surface area (Å²) < 4.78 is 25.5. The van der Waals surface area contributed by atoms with Gasteiger partial charge in [-0.2, -0.15) is 8.78 Å². The molecule has 0 saturated carbocycles. The zero-order chi connectivity index (χ0) is 10.3. The maximum Gasteiger partial charge on any atom is 0.306 e. The fourth-order valence-electron chi connectivity index (χ4n) is 0.646. The Morgan fingerprint density at radius 3 is 2.08 bits per heavy atom. The van der Waals surface area contributed by atoms with E-state index >= 15 is 0 Å². The first-order chi connectivity index (χ1) is 6.17. The highest BCUT2D eigenvalue weighted by Gasteiger charge is 2.31. The molecule has 13 heavy (non-hydrogen) atoms. The van der Waals surface area contributed by atoms with Crippen LogP contribution in [0.5, 0.6) is 0 Å². The molecule has 0 radical (unpaired) electrons. The summed E-state index contributed by atoms with van der Waals surface area (Å²) in [6, 6.07) is 1.51. The van der Waals surface area contributed by atoms with Crippen LogP contribution in [0.4, 0.5) is 8.78 Å². The SMILES string of the molecule is CC.CCC(F)(F)c1ncccn1. The molecule has 0 aliphatic rings. The third kappa shape index (κ3) is 3.44. The second-order valence-electron chi connectivity index (χ2n) is 2.13. The van der Waals surface area contributed by atoms with Crippen molar-refractivity contribution >= 4 is 0 Å². The summed E-state index contributed by atoms with van der Waals surface area (Å²) in [5.74, 6) is -3.29. The Bertz CT molecular complexity index is 224. The molecule has 0 saturated heterocycles. The first-order valence-corrected chi connectivity index (χ1v) is 4.32. The lowest BCUT2D eigenvalue weighted by atomic mass is 10.2. The molecule has 1 aromatic rings. The van der Waals surface area contributed by atoms with Crippen LogP contribution in [0.1, 0.15) is 33.0 Å². The molecule has 0 unspecified atom stereocenters. The van der Waals surface area contributed by atoms with Gasteiger partial charge in [0.1, 0.15) is 0 Å². The van der Waals surface area contributed by atoms with Crippen molar-refractivity contribution in [2.45, 2.75) is 33.1 Å². The monoisotopic (exact) mass is 188 g/mol. The van der Waals surface area contributed by atoms with Gasteiger partial charge in [-0.1, -0.05) is 20.8 Å². The number of hydrogen-bond acceptors (Lipinski definition) is 2. The number of rotatable bonds is 2. The Morgan fingerprint density at radius 1 is 1.23 bits per heavy atom. The van der Waals surface area contributed by atoms with Gasteiger partial charge in [-0.25, -0.2) is 9.97 Å². The zero-order valence-electron chi connectivity index (χ0n) is 8.09. The van der Waals surface area contributed by atoms with Crippen molar-refractivity contribution in [3.05, 3.63) is 24.3 Å². The van der Waals surface area contributed by atoms with E-state index in [0.29, 0.717) is 0 Å². The fourth-order valence-corrected chi connectivity index (χ4v) is 0.646. The van der Waals surface area contributed by atoms with Gasteiger partial charge in [0.05, 0.1) is 0 Å². The molecule has 0 atom stereocenters. The Hall–Kier alpha value is -1.06. The highest BCUT2D eigenvalue weighted by Crippen LogP contribution is 2.27.